The summed E-state index contributed by atoms with van der Waals surface area (Å²) in [7, 11) is 0. The summed E-state index contributed by atoms with van der Waals surface area (Å²) in [5.41, 5.74) is 1.73. The maximum atomic E-state index is 12.0. The topological polar surface area (TPSA) is 58.6 Å². The van der Waals surface area contributed by atoms with E-state index in [1.807, 2.05) is 24.3 Å². The molecule has 0 bridgehead atoms. The van der Waals surface area contributed by atoms with Crippen molar-refractivity contribution in [2.75, 3.05) is 31.1 Å². The summed E-state index contributed by atoms with van der Waals surface area (Å²) in [6, 6.07) is 14.7. The third-order valence-corrected chi connectivity index (χ3v) is 4.93. The van der Waals surface area contributed by atoms with Crippen LogP contribution < -0.4 is 15.0 Å². The lowest BCUT2D eigenvalue weighted by Crippen LogP contribution is -2.34. The van der Waals surface area contributed by atoms with Gasteiger partial charge in [0.15, 0.2) is 12.4 Å². The highest BCUT2D eigenvalue weighted by Crippen LogP contribution is 2.24. The summed E-state index contributed by atoms with van der Waals surface area (Å²) < 4.78 is 5.49. The zero-order chi connectivity index (χ0) is 19.2. The van der Waals surface area contributed by atoms with E-state index in [-0.39, 0.29) is 18.3 Å². The quantitative estimate of drug-likeness (QED) is 0.739. The largest absolute Gasteiger partial charge is 0.484 e. The number of rotatable bonds is 7. The molecular formula is C21H23ClN2O3. The highest BCUT2D eigenvalue weighted by atomic mass is 35.5. The van der Waals surface area contributed by atoms with E-state index in [4.69, 9.17) is 16.3 Å². The number of benzene rings is 2. The van der Waals surface area contributed by atoms with Crippen LogP contribution >= 0.6 is 11.6 Å². The number of carbonyl (C=O) groups is 2. The Bertz CT molecular complexity index is 807. The first-order valence-corrected chi connectivity index (χ1v) is 9.40. The molecule has 142 valence electrons. The molecule has 1 heterocycles. The number of Topliss-reactive ketones (excluding diaryl/α,β-unsaturated/α-hetero) is 1. The number of nitrogens with one attached hydrogen (secondary N) is 1. The Kier molecular flexibility index (Phi) is 6.35. The summed E-state index contributed by atoms with van der Waals surface area (Å²) in [5.74, 6) is 0.739. The van der Waals surface area contributed by atoms with Crippen molar-refractivity contribution in [3.8, 4) is 5.75 Å². The average molecular weight is 387 g/mol. The molecule has 5 nitrogen and oxygen atoms in total. The molecule has 1 fully saturated rings. The summed E-state index contributed by atoms with van der Waals surface area (Å²) in [5, 5.41) is 3.67. The van der Waals surface area contributed by atoms with E-state index in [0.29, 0.717) is 23.8 Å². The molecule has 1 unspecified atom stereocenters. The number of ether oxygens (including phenoxy) is 1. The van der Waals surface area contributed by atoms with Gasteiger partial charge in [-0.15, -0.1) is 0 Å². The Morgan fingerprint density at radius 1 is 1.22 bits per heavy atom. The number of halogens is 1. The SMILES string of the molecule is CC(=O)c1cccc(OCC(=O)NCC2CCN(c3ccc(Cl)cc3)C2)c1. The van der Waals surface area contributed by atoms with Crippen molar-refractivity contribution < 1.29 is 14.3 Å². The third kappa shape index (κ3) is 5.47. The Labute approximate surface area is 164 Å². The highest BCUT2D eigenvalue weighted by molar-refractivity contribution is 6.30. The number of carbonyl (C=O) groups excluding carboxylic acids is 2. The molecule has 0 saturated carbocycles. The maximum absolute atomic E-state index is 12.0. The van der Waals surface area contributed by atoms with Gasteiger partial charge in [0.1, 0.15) is 5.75 Å². The van der Waals surface area contributed by atoms with Crippen molar-refractivity contribution >= 4 is 29.0 Å². The lowest BCUT2D eigenvalue weighted by molar-refractivity contribution is -0.123. The fourth-order valence-electron chi connectivity index (χ4n) is 3.15. The molecule has 27 heavy (non-hydrogen) atoms. The van der Waals surface area contributed by atoms with Gasteiger partial charge in [-0.2, -0.15) is 0 Å². The minimum Gasteiger partial charge on any atom is -0.484 e. The summed E-state index contributed by atoms with van der Waals surface area (Å²) in [6.45, 7) is 3.94. The van der Waals surface area contributed by atoms with Crippen molar-refractivity contribution in [3.05, 3.63) is 59.1 Å². The van der Waals surface area contributed by atoms with Crippen LogP contribution in [0.5, 0.6) is 5.75 Å². The molecule has 0 spiro atoms. The molecule has 0 radical (unpaired) electrons. The van der Waals surface area contributed by atoms with E-state index in [0.717, 1.165) is 30.2 Å². The molecule has 1 N–H and O–H groups in total. The molecule has 2 aromatic carbocycles. The maximum Gasteiger partial charge on any atom is 0.257 e. The standard InChI is InChI=1S/C21H23ClN2O3/c1-15(25)17-3-2-4-20(11-17)27-14-21(26)23-12-16-9-10-24(13-16)19-7-5-18(22)6-8-19/h2-8,11,16H,9-10,12-14H2,1H3,(H,23,26). The van der Waals surface area contributed by atoms with Gasteiger partial charge in [-0.25, -0.2) is 0 Å². The Morgan fingerprint density at radius 2 is 2.00 bits per heavy atom. The van der Waals surface area contributed by atoms with Crippen molar-refractivity contribution in [3.63, 3.8) is 0 Å². The first-order chi connectivity index (χ1) is 13.0. The van der Waals surface area contributed by atoms with E-state index in [1.54, 1.807) is 24.3 Å². The molecule has 6 heteroatoms. The van der Waals surface area contributed by atoms with Crippen LogP contribution in [0.4, 0.5) is 5.69 Å². The Morgan fingerprint density at radius 3 is 2.74 bits per heavy atom. The lowest BCUT2D eigenvalue weighted by atomic mass is 10.1. The van der Waals surface area contributed by atoms with Crippen LogP contribution in [0, 0.1) is 5.92 Å². The fraction of sp³-hybridized carbons (Fsp3) is 0.333. The molecule has 1 saturated heterocycles. The van der Waals surface area contributed by atoms with Crippen LogP contribution in [-0.2, 0) is 4.79 Å². The van der Waals surface area contributed by atoms with Gasteiger partial charge in [0.2, 0.25) is 0 Å². The second-order valence-electron chi connectivity index (χ2n) is 6.75. The molecular weight excluding hydrogens is 364 g/mol. The zero-order valence-corrected chi connectivity index (χ0v) is 16.0. The second kappa shape index (κ2) is 8.91. The number of ketones is 1. The van der Waals surface area contributed by atoms with Crippen molar-refractivity contribution in [1.82, 2.24) is 5.32 Å². The van der Waals surface area contributed by atoms with Gasteiger partial charge in [-0.05, 0) is 55.7 Å². The van der Waals surface area contributed by atoms with Gasteiger partial charge in [0.05, 0.1) is 0 Å². The molecule has 0 aliphatic carbocycles. The number of nitrogens with zero attached hydrogens (tertiary/aromatic N) is 1. The fourth-order valence-corrected chi connectivity index (χ4v) is 3.27. The highest BCUT2D eigenvalue weighted by Gasteiger charge is 2.23. The molecule has 0 aromatic heterocycles. The van der Waals surface area contributed by atoms with Crippen LogP contribution in [0.3, 0.4) is 0 Å². The van der Waals surface area contributed by atoms with Gasteiger partial charge in [-0.1, -0.05) is 23.7 Å². The zero-order valence-electron chi connectivity index (χ0n) is 15.3. The van der Waals surface area contributed by atoms with E-state index in [1.165, 1.54) is 6.92 Å². The van der Waals surface area contributed by atoms with Gasteiger partial charge in [-0.3, -0.25) is 9.59 Å². The smallest absolute Gasteiger partial charge is 0.257 e. The normalized spacial score (nSPS) is 16.2. The molecule has 1 atom stereocenters. The number of hydrogen-bond acceptors (Lipinski definition) is 4. The van der Waals surface area contributed by atoms with E-state index in [9.17, 15) is 9.59 Å². The summed E-state index contributed by atoms with van der Waals surface area (Å²) in [4.78, 5) is 25.7. The van der Waals surface area contributed by atoms with E-state index in [2.05, 4.69) is 10.2 Å². The van der Waals surface area contributed by atoms with Gasteiger partial charge in [0.25, 0.3) is 5.91 Å². The van der Waals surface area contributed by atoms with Gasteiger partial charge >= 0.3 is 0 Å². The van der Waals surface area contributed by atoms with Crippen LogP contribution in [0.1, 0.15) is 23.7 Å². The Balaban J connectivity index is 1.41. The number of hydrogen-bond donors (Lipinski definition) is 1. The van der Waals surface area contributed by atoms with Crippen molar-refractivity contribution in [1.29, 1.82) is 0 Å². The van der Waals surface area contributed by atoms with Crippen LogP contribution in [0.2, 0.25) is 5.02 Å². The van der Waals surface area contributed by atoms with Gasteiger partial charge in [0, 0.05) is 35.9 Å². The monoisotopic (exact) mass is 386 g/mol. The first kappa shape index (κ1) is 19.2. The van der Waals surface area contributed by atoms with Crippen LogP contribution in [-0.4, -0.2) is 37.9 Å². The molecule has 2 aromatic rings. The minimum absolute atomic E-state index is 0.0311. The molecule has 1 aliphatic heterocycles. The van der Waals surface area contributed by atoms with Crippen molar-refractivity contribution in [2.24, 2.45) is 5.92 Å². The number of amides is 1. The predicted molar refractivity (Wildman–Crippen MR) is 107 cm³/mol. The van der Waals surface area contributed by atoms with Gasteiger partial charge < -0.3 is 15.0 Å². The second-order valence-corrected chi connectivity index (χ2v) is 7.19. The summed E-state index contributed by atoms with van der Waals surface area (Å²) in [6.07, 6.45) is 1.03. The lowest BCUT2D eigenvalue weighted by Gasteiger charge is -2.19. The molecule has 3 rings (SSSR count). The third-order valence-electron chi connectivity index (χ3n) is 4.68. The first-order valence-electron chi connectivity index (χ1n) is 9.02. The molecule has 1 aliphatic rings. The summed E-state index contributed by atoms with van der Waals surface area (Å²) >= 11 is 5.94. The van der Waals surface area contributed by atoms with E-state index >= 15 is 0 Å². The van der Waals surface area contributed by atoms with Crippen LogP contribution in [0.25, 0.3) is 0 Å². The Hall–Kier alpha value is -2.53. The van der Waals surface area contributed by atoms with E-state index < -0.39 is 0 Å². The predicted octanol–water partition coefficient (Wildman–Crippen LogP) is 3.56. The average Bonchev–Trinajstić information content (AvgIpc) is 3.14. The molecule has 1 amide bonds. The minimum atomic E-state index is -0.159. The van der Waals surface area contributed by atoms with Crippen LogP contribution in [0.15, 0.2) is 48.5 Å². The van der Waals surface area contributed by atoms with Crippen molar-refractivity contribution in [2.45, 2.75) is 13.3 Å². The number of anilines is 1.